The number of nitrogens with zero attached hydrogens (tertiary/aromatic N) is 2. The fourth-order valence-corrected chi connectivity index (χ4v) is 6.52. The Morgan fingerprint density at radius 1 is 0.795 bits per heavy atom. The number of carbonyl (C=O) groups is 2. The Morgan fingerprint density at radius 2 is 1.41 bits per heavy atom. The lowest BCUT2D eigenvalue weighted by atomic mass is 10.0. The predicted octanol–water partition coefficient (Wildman–Crippen LogP) is 6.32. The average molecular weight is 632 g/mol. The van der Waals surface area contributed by atoms with Gasteiger partial charge in [0.1, 0.15) is 12.6 Å². The minimum absolute atomic E-state index is 0.0711. The molecule has 4 aromatic carbocycles. The zero-order chi connectivity index (χ0) is 31.9. The molecule has 1 atom stereocenters. The second kappa shape index (κ2) is 14.6. The van der Waals surface area contributed by atoms with Gasteiger partial charge < -0.3 is 10.2 Å². The van der Waals surface area contributed by atoms with Crippen molar-refractivity contribution in [2.75, 3.05) is 10.8 Å². The molecule has 4 rings (SSSR count). The highest BCUT2D eigenvalue weighted by atomic mass is 35.5. The van der Waals surface area contributed by atoms with Gasteiger partial charge in [0.2, 0.25) is 11.8 Å². The van der Waals surface area contributed by atoms with Gasteiger partial charge in [-0.3, -0.25) is 13.9 Å². The largest absolute Gasteiger partial charge is 0.352 e. The molecule has 4 aromatic rings. The fraction of sp³-hybridized carbons (Fsp3) is 0.257. The number of hydrogen-bond acceptors (Lipinski definition) is 4. The van der Waals surface area contributed by atoms with E-state index in [-0.39, 0.29) is 29.8 Å². The van der Waals surface area contributed by atoms with Crippen LogP contribution in [-0.4, -0.2) is 43.8 Å². The third-order valence-corrected chi connectivity index (χ3v) is 9.27. The van der Waals surface area contributed by atoms with Gasteiger partial charge >= 0.3 is 0 Å². The summed E-state index contributed by atoms with van der Waals surface area (Å²) in [6.45, 7) is 6.97. The monoisotopic (exact) mass is 631 g/mol. The van der Waals surface area contributed by atoms with Crippen LogP contribution in [0.3, 0.4) is 0 Å². The molecular weight excluding hydrogens is 594 g/mol. The van der Waals surface area contributed by atoms with E-state index in [0.29, 0.717) is 16.3 Å². The third kappa shape index (κ3) is 8.27. The van der Waals surface area contributed by atoms with Crippen LogP contribution in [0.25, 0.3) is 0 Å². The average Bonchev–Trinajstić information content (AvgIpc) is 2.99. The molecule has 0 aliphatic rings. The topological polar surface area (TPSA) is 86.8 Å². The van der Waals surface area contributed by atoms with Crippen LogP contribution in [0, 0.1) is 13.8 Å². The van der Waals surface area contributed by atoms with Crippen LogP contribution in [0.4, 0.5) is 5.69 Å². The van der Waals surface area contributed by atoms with Gasteiger partial charge in [0.25, 0.3) is 10.0 Å². The lowest BCUT2D eigenvalue weighted by molar-refractivity contribution is -0.140. The Kier molecular flexibility index (Phi) is 10.8. The summed E-state index contributed by atoms with van der Waals surface area (Å²) in [7, 11) is -4.16. The van der Waals surface area contributed by atoms with E-state index in [0.717, 1.165) is 21.0 Å². The van der Waals surface area contributed by atoms with Crippen molar-refractivity contribution in [1.29, 1.82) is 0 Å². The zero-order valence-electron chi connectivity index (χ0n) is 25.4. The van der Waals surface area contributed by atoms with Crippen LogP contribution in [0.2, 0.25) is 5.02 Å². The van der Waals surface area contributed by atoms with E-state index >= 15 is 0 Å². The number of anilines is 1. The Morgan fingerprint density at radius 3 is 2.02 bits per heavy atom. The predicted molar refractivity (Wildman–Crippen MR) is 176 cm³/mol. The number of amides is 2. The number of nitrogens with one attached hydrogen (secondary N) is 1. The molecule has 0 aromatic heterocycles. The highest BCUT2D eigenvalue weighted by Gasteiger charge is 2.35. The maximum Gasteiger partial charge on any atom is 0.264 e. The van der Waals surface area contributed by atoms with Gasteiger partial charge in [0.15, 0.2) is 0 Å². The van der Waals surface area contributed by atoms with E-state index < -0.39 is 28.5 Å². The Balaban J connectivity index is 1.81. The van der Waals surface area contributed by atoms with Crippen LogP contribution in [0.5, 0.6) is 0 Å². The summed E-state index contributed by atoms with van der Waals surface area (Å²) in [5, 5.41) is 3.50. The number of benzene rings is 4. The summed E-state index contributed by atoms with van der Waals surface area (Å²) in [6, 6.07) is 29.0. The highest BCUT2D eigenvalue weighted by Crippen LogP contribution is 2.28. The molecule has 0 saturated heterocycles. The van der Waals surface area contributed by atoms with Crippen LogP contribution >= 0.6 is 11.6 Å². The fourth-order valence-electron chi connectivity index (χ4n) is 4.92. The van der Waals surface area contributed by atoms with Crippen molar-refractivity contribution >= 4 is 39.1 Å². The number of carbonyl (C=O) groups excluding carboxylic acids is 2. The van der Waals surface area contributed by atoms with Gasteiger partial charge in [-0.15, -0.1) is 0 Å². The molecule has 0 aliphatic carbocycles. The molecule has 0 spiro atoms. The van der Waals surface area contributed by atoms with Gasteiger partial charge in [0, 0.05) is 24.0 Å². The van der Waals surface area contributed by atoms with Crippen molar-refractivity contribution in [3.63, 3.8) is 0 Å². The highest BCUT2D eigenvalue weighted by molar-refractivity contribution is 7.92. The molecule has 0 saturated carbocycles. The first-order chi connectivity index (χ1) is 21.0. The van der Waals surface area contributed by atoms with E-state index in [9.17, 15) is 18.0 Å². The normalized spacial score (nSPS) is 12.0. The quantitative estimate of drug-likeness (QED) is 0.198. The third-order valence-electron chi connectivity index (χ3n) is 7.24. The van der Waals surface area contributed by atoms with Gasteiger partial charge in [-0.2, -0.15) is 0 Å². The molecule has 0 fully saturated rings. The van der Waals surface area contributed by atoms with Gasteiger partial charge in [-0.25, -0.2) is 8.42 Å². The van der Waals surface area contributed by atoms with E-state index in [1.807, 2.05) is 57.2 Å². The van der Waals surface area contributed by atoms with Gasteiger partial charge in [-0.1, -0.05) is 90.0 Å². The molecule has 2 amide bonds. The van der Waals surface area contributed by atoms with Crippen molar-refractivity contribution in [3.05, 3.63) is 130 Å². The summed E-state index contributed by atoms with van der Waals surface area (Å²) in [5.74, 6) is -0.839. The summed E-state index contributed by atoms with van der Waals surface area (Å²) in [4.78, 5) is 29.8. The lowest BCUT2D eigenvalue weighted by Gasteiger charge is -2.34. The Bertz CT molecular complexity index is 1680. The first-order valence-electron chi connectivity index (χ1n) is 14.5. The summed E-state index contributed by atoms with van der Waals surface area (Å²) in [5.41, 5.74) is 3.62. The number of halogens is 1. The van der Waals surface area contributed by atoms with E-state index in [4.69, 9.17) is 11.6 Å². The second-order valence-corrected chi connectivity index (χ2v) is 13.4. The van der Waals surface area contributed by atoms with E-state index in [2.05, 4.69) is 5.32 Å². The maximum absolute atomic E-state index is 14.5. The van der Waals surface area contributed by atoms with Crippen LogP contribution in [0.1, 0.15) is 36.1 Å². The SMILES string of the molecule is Cc1ccc(S(=O)(=O)N(CC(=O)N(Cc2ccc(Cl)cc2)[C@@H](Cc2ccccc2)C(=O)NC(C)C)c2ccccc2C)cc1. The first kappa shape index (κ1) is 32.8. The first-order valence-corrected chi connectivity index (χ1v) is 16.3. The summed E-state index contributed by atoms with van der Waals surface area (Å²) < 4.78 is 29.4. The molecule has 44 heavy (non-hydrogen) atoms. The standard InChI is InChI=1S/C35H38ClN3O4S/c1-25(2)37-35(41)33(22-28-11-6-5-7-12-28)38(23-29-16-18-30(36)19-17-29)34(40)24-39(32-13-9-8-10-27(32)4)44(42,43)31-20-14-26(3)15-21-31/h5-21,25,33H,22-24H2,1-4H3,(H,37,41)/t33-/m0/s1. The second-order valence-electron chi connectivity index (χ2n) is 11.1. The number of aryl methyl sites for hydroxylation is 2. The van der Waals surface area contributed by atoms with Crippen molar-refractivity contribution in [2.45, 2.75) is 57.6 Å². The minimum atomic E-state index is -4.16. The maximum atomic E-state index is 14.5. The van der Waals surface area contributed by atoms with Crippen molar-refractivity contribution in [1.82, 2.24) is 10.2 Å². The Labute approximate surface area is 265 Å². The zero-order valence-corrected chi connectivity index (χ0v) is 27.0. The minimum Gasteiger partial charge on any atom is -0.352 e. The number of para-hydroxylation sites is 1. The van der Waals surface area contributed by atoms with Gasteiger partial charge in [-0.05, 0) is 74.7 Å². The van der Waals surface area contributed by atoms with E-state index in [1.165, 1.54) is 4.90 Å². The smallest absolute Gasteiger partial charge is 0.264 e. The van der Waals surface area contributed by atoms with Crippen molar-refractivity contribution in [3.8, 4) is 0 Å². The molecule has 1 N–H and O–H groups in total. The van der Waals surface area contributed by atoms with E-state index in [1.54, 1.807) is 73.7 Å². The van der Waals surface area contributed by atoms with Crippen molar-refractivity contribution in [2.24, 2.45) is 0 Å². The van der Waals surface area contributed by atoms with Crippen LogP contribution in [-0.2, 0) is 32.6 Å². The molecule has 0 radical (unpaired) electrons. The molecule has 7 nitrogen and oxygen atoms in total. The molecule has 9 heteroatoms. The molecule has 0 aliphatic heterocycles. The molecular formula is C35H38ClN3O4S. The molecule has 0 heterocycles. The summed E-state index contributed by atoms with van der Waals surface area (Å²) in [6.07, 6.45) is 0.244. The molecule has 0 unspecified atom stereocenters. The number of sulfonamides is 1. The Hall–Kier alpha value is -4.14. The summed E-state index contributed by atoms with van der Waals surface area (Å²) >= 11 is 6.14. The molecule has 230 valence electrons. The lowest BCUT2D eigenvalue weighted by Crippen LogP contribution is -2.54. The van der Waals surface area contributed by atoms with Gasteiger partial charge in [0.05, 0.1) is 10.6 Å². The van der Waals surface area contributed by atoms with Crippen LogP contribution in [0.15, 0.2) is 108 Å². The number of rotatable bonds is 12. The van der Waals surface area contributed by atoms with Crippen LogP contribution < -0.4 is 9.62 Å². The number of hydrogen-bond donors (Lipinski definition) is 1. The molecule has 0 bridgehead atoms. The van der Waals surface area contributed by atoms with Crippen molar-refractivity contribution < 1.29 is 18.0 Å².